The lowest BCUT2D eigenvalue weighted by molar-refractivity contribution is 0.00695. The Morgan fingerprint density at radius 1 is 1.44 bits per heavy atom. The third kappa shape index (κ3) is 3.09. The number of thioether (sulfide) groups is 1. The number of hydrogen-bond acceptors (Lipinski definition) is 4. The van der Waals surface area contributed by atoms with Gasteiger partial charge in [0.1, 0.15) is 0 Å². The molecule has 2 saturated heterocycles. The molecule has 1 atom stereocenters. The third-order valence-corrected chi connectivity index (χ3v) is 5.82. The van der Waals surface area contributed by atoms with Gasteiger partial charge in [0, 0.05) is 31.6 Å². The molecule has 94 valence electrons. The van der Waals surface area contributed by atoms with Crippen LogP contribution in [0.25, 0.3) is 0 Å². The van der Waals surface area contributed by atoms with Crippen molar-refractivity contribution < 1.29 is 4.74 Å². The lowest BCUT2D eigenvalue weighted by atomic mass is 9.81. The summed E-state index contributed by atoms with van der Waals surface area (Å²) in [5.74, 6) is 3.65. The lowest BCUT2D eigenvalue weighted by Gasteiger charge is -2.40. The molecule has 0 radical (unpaired) electrons. The average Bonchev–Trinajstić information content (AvgIpc) is 2.84. The van der Waals surface area contributed by atoms with Crippen LogP contribution < -0.4 is 0 Å². The van der Waals surface area contributed by atoms with E-state index in [1.807, 2.05) is 0 Å². The molecule has 2 aliphatic rings. The molecule has 0 saturated carbocycles. The summed E-state index contributed by atoms with van der Waals surface area (Å²) in [7, 11) is 2.29. The second-order valence-electron chi connectivity index (χ2n) is 5.20. The first kappa shape index (κ1) is 13.1. The predicted molar refractivity (Wildman–Crippen MR) is 74.7 cm³/mol. The highest BCUT2D eigenvalue weighted by atomic mass is 32.2. The van der Waals surface area contributed by atoms with E-state index in [0.29, 0.717) is 5.41 Å². The fourth-order valence-electron chi connectivity index (χ4n) is 2.70. The smallest absolute Gasteiger partial charge is 0.0472 e. The van der Waals surface area contributed by atoms with Gasteiger partial charge in [0.25, 0.3) is 0 Å². The van der Waals surface area contributed by atoms with Crippen molar-refractivity contribution in [2.45, 2.75) is 25.3 Å². The molecule has 0 aromatic heterocycles. The van der Waals surface area contributed by atoms with E-state index in [2.05, 4.69) is 36.3 Å². The number of nitrogens with zero attached hydrogens (tertiary/aromatic N) is 1. The van der Waals surface area contributed by atoms with Crippen LogP contribution in [-0.2, 0) is 4.74 Å². The summed E-state index contributed by atoms with van der Waals surface area (Å²) in [6.45, 7) is 3.05. The third-order valence-electron chi connectivity index (χ3n) is 4.00. The van der Waals surface area contributed by atoms with E-state index in [4.69, 9.17) is 4.74 Å². The van der Waals surface area contributed by atoms with E-state index in [1.54, 1.807) is 0 Å². The van der Waals surface area contributed by atoms with Gasteiger partial charge in [-0.2, -0.15) is 24.4 Å². The van der Waals surface area contributed by atoms with Crippen LogP contribution in [0.3, 0.4) is 0 Å². The molecule has 1 unspecified atom stereocenters. The highest BCUT2D eigenvalue weighted by molar-refractivity contribution is 7.99. The summed E-state index contributed by atoms with van der Waals surface area (Å²) in [6.07, 6.45) is 3.72. The van der Waals surface area contributed by atoms with E-state index < -0.39 is 0 Å². The number of thiol groups is 1. The molecule has 2 aliphatic heterocycles. The van der Waals surface area contributed by atoms with Crippen molar-refractivity contribution in [2.75, 3.05) is 44.1 Å². The van der Waals surface area contributed by atoms with Gasteiger partial charge in [-0.25, -0.2) is 0 Å². The topological polar surface area (TPSA) is 12.5 Å². The molecule has 0 aliphatic carbocycles. The van der Waals surface area contributed by atoms with Crippen molar-refractivity contribution in [1.29, 1.82) is 0 Å². The number of hydrogen-bond donors (Lipinski definition) is 1. The summed E-state index contributed by atoms with van der Waals surface area (Å²) in [5.41, 5.74) is 0.406. The molecule has 2 heterocycles. The van der Waals surface area contributed by atoms with Gasteiger partial charge < -0.3 is 9.64 Å². The number of ether oxygens (including phenoxy) is 1. The lowest BCUT2D eigenvalue weighted by Crippen LogP contribution is -2.45. The van der Waals surface area contributed by atoms with Gasteiger partial charge in [-0.3, -0.25) is 0 Å². The van der Waals surface area contributed by atoms with Crippen molar-refractivity contribution in [1.82, 2.24) is 4.90 Å². The zero-order chi connectivity index (χ0) is 11.4. The van der Waals surface area contributed by atoms with Crippen molar-refractivity contribution in [3.63, 3.8) is 0 Å². The summed E-state index contributed by atoms with van der Waals surface area (Å²) >= 11 is 6.67. The maximum atomic E-state index is 5.48. The van der Waals surface area contributed by atoms with Crippen LogP contribution in [0.1, 0.15) is 19.3 Å². The van der Waals surface area contributed by atoms with Crippen LogP contribution in [0.2, 0.25) is 0 Å². The predicted octanol–water partition coefficient (Wildman–Crippen LogP) is 2.15. The van der Waals surface area contributed by atoms with Gasteiger partial charge >= 0.3 is 0 Å². The Kier molecular flexibility index (Phi) is 4.89. The number of rotatable bonds is 4. The molecule has 0 N–H and O–H groups in total. The standard InChI is InChI=1S/C12H23NOS2/c1-13(11-2-7-16-8-11)9-12(10-15)3-5-14-6-4-12/h11,15H,2-10H2,1H3. The monoisotopic (exact) mass is 261 g/mol. The van der Waals surface area contributed by atoms with E-state index >= 15 is 0 Å². The summed E-state index contributed by atoms with van der Waals surface area (Å²) in [4.78, 5) is 2.57. The molecule has 2 rings (SSSR count). The van der Waals surface area contributed by atoms with Crippen LogP contribution >= 0.6 is 24.4 Å². The summed E-state index contributed by atoms with van der Waals surface area (Å²) in [6, 6.07) is 0.796. The molecule has 2 fully saturated rings. The highest BCUT2D eigenvalue weighted by Crippen LogP contribution is 2.34. The minimum absolute atomic E-state index is 0.406. The molecule has 2 nitrogen and oxygen atoms in total. The molecule has 16 heavy (non-hydrogen) atoms. The van der Waals surface area contributed by atoms with Gasteiger partial charge in [0.2, 0.25) is 0 Å². The highest BCUT2D eigenvalue weighted by Gasteiger charge is 2.34. The van der Waals surface area contributed by atoms with Crippen LogP contribution in [0.4, 0.5) is 0 Å². The first-order valence-corrected chi connectivity index (χ1v) is 8.01. The quantitative estimate of drug-likeness (QED) is 0.779. The van der Waals surface area contributed by atoms with Crippen molar-refractivity contribution in [2.24, 2.45) is 5.41 Å². The van der Waals surface area contributed by atoms with Gasteiger partial charge in [0.05, 0.1) is 0 Å². The first-order chi connectivity index (χ1) is 7.76. The van der Waals surface area contributed by atoms with Gasteiger partial charge in [-0.15, -0.1) is 0 Å². The van der Waals surface area contributed by atoms with Gasteiger partial charge in [-0.05, 0) is 43.2 Å². The minimum Gasteiger partial charge on any atom is -0.381 e. The molecule has 0 bridgehead atoms. The molecular formula is C12H23NOS2. The Hall–Kier alpha value is 0.620. The minimum atomic E-state index is 0.406. The molecule has 0 amide bonds. The van der Waals surface area contributed by atoms with E-state index in [1.165, 1.54) is 37.3 Å². The molecular weight excluding hydrogens is 238 g/mol. The van der Waals surface area contributed by atoms with Gasteiger partial charge in [-0.1, -0.05) is 0 Å². The second kappa shape index (κ2) is 5.98. The zero-order valence-electron chi connectivity index (χ0n) is 10.2. The van der Waals surface area contributed by atoms with Crippen LogP contribution in [0.15, 0.2) is 0 Å². The Morgan fingerprint density at radius 2 is 2.19 bits per heavy atom. The average molecular weight is 261 g/mol. The molecule has 0 aromatic carbocycles. The van der Waals surface area contributed by atoms with Crippen molar-refractivity contribution >= 4 is 24.4 Å². The first-order valence-electron chi connectivity index (χ1n) is 6.22. The molecule has 0 aromatic rings. The van der Waals surface area contributed by atoms with Gasteiger partial charge in [0.15, 0.2) is 0 Å². The SMILES string of the molecule is CN(CC1(CS)CCOCC1)C1CCSC1. The Bertz CT molecular complexity index is 213. The largest absolute Gasteiger partial charge is 0.381 e. The maximum absolute atomic E-state index is 5.48. The Morgan fingerprint density at radius 3 is 2.75 bits per heavy atom. The van der Waals surface area contributed by atoms with Crippen LogP contribution in [0.5, 0.6) is 0 Å². The Labute approximate surface area is 109 Å². The Balaban J connectivity index is 1.89. The summed E-state index contributed by atoms with van der Waals surface area (Å²) < 4.78 is 5.48. The molecule has 4 heteroatoms. The normalized spacial score (nSPS) is 29.8. The van der Waals surface area contributed by atoms with E-state index in [9.17, 15) is 0 Å². The van der Waals surface area contributed by atoms with Crippen LogP contribution in [-0.4, -0.2) is 55.0 Å². The maximum Gasteiger partial charge on any atom is 0.0472 e. The molecule has 0 spiro atoms. The fraction of sp³-hybridized carbons (Fsp3) is 1.00. The fourth-order valence-corrected chi connectivity index (χ4v) is 4.41. The van der Waals surface area contributed by atoms with E-state index in [-0.39, 0.29) is 0 Å². The summed E-state index contributed by atoms with van der Waals surface area (Å²) in [5, 5.41) is 0. The second-order valence-corrected chi connectivity index (χ2v) is 6.67. The van der Waals surface area contributed by atoms with Crippen LogP contribution in [0, 0.1) is 5.41 Å². The van der Waals surface area contributed by atoms with Crippen molar-refractivity contribution in [3.05, 3.63) is 0 Å². The van der Waals surface area contributed by atoms with E-state index in [0.717, 1.165) is 25.0 Å². The zero-order valence-corrected chi connectivity index (χ0v) is 11.9. The van der Waals surface area contributed by atoms with Crippen molar-refractivity contribution in [3.8, 4) is 0 Å².